The lowest BCUT2D eigenvalue weighted by atomic mass is 9.95. The van der Waals surface area contributed by atoms with Gasteiger partial charge in [0.1, 0.15) is 0 Å². The maximum absolute atomic E-state index is 11.8. The molecule has 0 aliphatic carbocycles. The SMILES string of the molecule is CCCCCC(C)C(=O)OCCCCCCN(CC)CCCO.CCCCCCCCC(CCCCCC)COCCCC. The van der Waals surface area contributed by atoms with E-state index in [1.54, 1.807) is 0 Å². The van der Waals surface area contributed by atoms with E-state index in [-0.39, 0.29) is 18.5 Å². The number of aliphatic hydroxyl groups excluding tert-OH is 1. The fraction of sp³-hybridized carbons (Fsp3) is 0.974. The van der Waals surface area contributed by atoms with Crippen molar-refractivity contribution in [2.24, 2.45) is 11.8 Å². The van der Waals surface area contributed by atoms with Gasteiger partial charge in [0.2, 0.25) is 0 Å². The van der Waals surface area contributed by atoms with Gasteiger partial charge >= 0.3 is 5.97 Å². The smallest absolute Gasteiger partial charge is 0.308 e. The first-order valence-corrected chi connectivity index (χ1v) is 19.6. The number of nitrogens with zero attached hydrogens (tertiary/aromatic N) is 1. The highest BCUT2D eigenvalue weighted by molar-refractivity contribution is 5.71. The van der Waals surface area contributed by atoms with Gasteiger partial charge in [-0.05, 0) is 64.0 Å². The Morgan fingerprint density at radius 3 is 1.70 bits per heavy atom. The average Bonchev–Trinajstić information content (AvgIpc) is 3.03. The zero-order chi connectivity index (χ0) is 32.9. The molecule has 2 unspecified atom stereocenters. The minimum atomic E-state index is -0.0257. The van der Waals surface area contributed by atoms with Crippen molar-refractivity contribution in [3.05, 3.63) is 0 Å². The molecule has 0 aliphatic heterocycles. The number of ether oxygens (including phenoxy) is 2. The van der Waals surface area contributed by atoms with Crippen LogP contribution >= 0.6 is 0 Å². The van der Waals surface area contributed by atoms with Crippen LogP contribution in [0.15, 0.2) is 0 Å². The molecule has 0 bridgehead atoms. The molecule has 0 rings (SSSR count). The third-order valence-corrected chi connectivity index (χ3v) is 8.76. The fourth-order valence-corrected chi connectivity index (χ4v) is 5.53. The van der Waals surface area contributed by atoms with Crippen molar-refractivity contribution in [1.29, 1.82) is 0 Å². The van der Waals surface area contributed by atoms with Crippen LogP contribution in [-0.2, 0) is 14.3 Å². The Bertz CT molecular complexity index is 532. The number of unbranched alkanes of at least 4 members (excludes halogenated alkanes) is 14. The molecule has 2 atom stereocenters. The summed E-state index contributed by atoms with van der Waals surface area (Å²) in [6.45, 7) is 19.1. The summed E-state index contributed by atoms with van der Waals surface area (Å²) < 4.78 is 11.2. The molecule has 5 nitrogen and oxygen atoms in total. The van der Waals surface area contributed by atoms with Gasteiger partial charge < -0.3 is 19.5 Å². The summed E-state index contributed by atoms with van der Waals surface area (Å²) in [5.74, 6) is 0.846. The molecule has 0 saturated heterocycles. The Morgan fingerprint density at radius 1 is 0.591 bits per heavy atom. The Morgan fingerprint density at radius 2 is 1.09 bits per heavy atom. The van der Waals surface area contributed by atoms with Crippen molar-refractivity contribution in [2.45, 2.75) is 189 Å². The Labute approximate surface area is 277 Å². The van der Waals surface area contributed by atoms with Gasteiger partial charge in [-0.15, -0.1) is 0 Å². The first-order valence-electron chi connectivity index (χ1n) is 19.6. The highest BCUT2D eigenvalue weighted by Crippen LogP contribution is 2.19. The maximum Gasteiger partial charge on any atom is 0.308 e. The number of rotatable bonds is 33. The lowest BCUT2D eigenvalue weighted by Crippen LogP contribution is -2.26. The summed E-state index contributed by atoms with van der Waals surface area (Å²) in [5, 5.41) is 8.86. The van der Waals surface area contributed by atoms with Crippen LogP contribution in [0.5, 0.6) is 0 Å². The second kappa shape index (κ2) is 38.5. The molecule has 0 aromatic heterocycles. The van der Waals surface area contributed by atoms with E-state index in [1.807, 2.05) is 6.92 Å². The van der Waals surface area contributed by atoms with Crippen LogP contribution in [-0.4, -0.2) is 62.0 Å². The van der Waals surface area contributed by atoms with E-state index in [0.717, 1.165) is 70.9 Å². The largest absolute Gasteiger partial charge is 0.465 e. The van der Waals surface area contributed by atoms with Gasteiger partial charge in [-0.3, -0.25) is 4.79 Å². The van der Waals surface area contributed by atoms with Gasteiger partial charge in [0, 0.05) is 26.4 Å². The monoisotopic (exact) mass is 628 g/mol. The minimum absolute atomic E-state index is 0.0257. The quantitative estimate of drug-likeness (QED) is 0.0579. The Hall–Kier alpha value is -0.650. The van der Waals surface area contributed by atoms with Crippen LogP contribution in [0.2, 0.25) is 0 Å². The van der Waals surface area contributed by atoms with Crippen LogP contribution in [0.1, 0.15) is 189 Å². The summed E-state index contributed by atoms with van der Waals surface area (Å²) in [4.78, 5) is 14.2. The van der Waals surface area contributed by atoms with Crippen LogP contribution < -0.4 is 0 Å². The first kappa shape index (κ1) is 45.5. The Kier molecular flexibility index (Phi) is 39.8. The molecule has 0 radical (unpaired) electrons. The van der Waals surface area contributed by atoms with Gasteiger partial charge in [0.05, 0.1) is 12.5 Å². The predicted octanol–water partition coefficient (Wildman–Crippen LogP) is 11.2. The lowest BCUT2D eigenvalue weighted by molar-refractivity contribution is -0.148. The van der Waals surface area contributed by atoms with Gasteiger partial charge in [-0.25, -0.2) is 0 Å². The van der Waals surface area contributed by atoms with Crippen molar-refractivity contribution in [3.8, 4) is 0 Å². The van der Waals surface area contributed by atoms with Crippen LogP contribution in [0, 0.1) is 11.8 Å². The van der Waals surface area contributed by atoms with Crippen LogP contribution in [0.4, 0.5) is 0 Å². The normalized spacial score (nSPS) is 12.6. The minimum Gasteiger partial charge on any atom is -0.465 e. The van der Waals surface area contributed by atoms with Gasteiger partial charge in [-0.1, -0.05) is 144 Å². The molecule has 0 aromatic rings. The summed E-state index contributed by atoms with van der Waals surface area (Å²) in [6, 6.07) is 0. The van der Waals surface area contributed by atoms with Gasteiger partial charge in [-0.2, -0.15) is 0 Å². The zero-order valence-electron chi connectivity index (χ0n) is 31.0. The summed E-state index contributed by atoms with van der Waals surface area (Å²) in [7, 11) is 0. The number of aliphatic hydroxyl groups is 1. The second-order valence-corrected chi connectivity index (χ2v) is 13.2. The van der Waals surface area contributed by atoms with Crippen molar-refractivity contribution in [1.82, 2.24) is 4.90 Å². The second-order valence-electron chi connectivity index (χ2n) is 13.2. The summed E-state index contributed by atoms with van der Waals surface area (Å²) in [6.07, 6.45) is 29.1. The van der Waals surface area contributed by atoms with E-state index in [1.165, 1.54) is 116 Å². The molecule has 266 valence electrons. The third-order valence-electron chi connectivity index (χ3n) is 8.76. The average molecular weight is 628 g/mol. The van der Waals surface area contributed by atoms with E-state index in [4.69, 9.17) is 14.6 Å². The van der Waals surface area contributed by atoms with E-state index in [9.17, 15) is 4.79 Å². The van der Waals surface area contributed by atoms with Crippen molar-refractivity contribution in [2.75, 3.05) is 46.1 Å². The number of carbonyl (C=O) groups excluding carboxylic acids is 1. The molecule has 0 heterocycles. The zero-order valence-corrected chi connectivity index (χ0v) is 31.0. The number of hydrogen-bond acceptors (Lipinski definition) is 5. The topological polar surface area (TPSA) is 59.0 Å². The standard InChI is InChI=1S/C20H42O.C19H39NO3/c1-4-7-10-12-13-15-17-20(16-14-11-8-5-2)19-21-18-9-6-3;1-4-6-9-13-18(3)19(22)23-17-11-8-7-10-14-20(5-2)15-12-16-21/h20H,4-19H2,1-3H3;18,21H,4-17H2,1-3H3. The van der Waals surface area contributed by atoms with E-state index >= 15 is 0 Å². The molecule has 0 aliphatic rings. The highest BCUT2D eigenvalue weighted by Gasteiger charge is 2.13. The van der Waals surface area contributed by atoms with Crippen molar-refractivity contribution >= 4 is 5.97 Å². The van der Waals surface area contributed by atoms with Crippen LogP contribution in [0.25, 0.3) is 0 Å². The number of hydrogen-bond donors (Lipinski definition) is 1. The van der Waals surface area contributed by atoms with Gasteiger partial charge in [0.15, 0.2) is 0 Å². The fourth-order valence-electron chi connectivity index (χ4n) is 5.53. The van der Waals surface area contributed by atoms with Crippen molar-refractivity contribution in [3.63, 3.8) is 0 Å². The van der Waals surface area contributed by atoms with Crippen LogP contribution in [0.3, 0.4) is 0 Å². The third kappa shape index (κ3) is 34.2. The molecule has 1 N–H and O–H groups in total. The molecular formula is C39H81NO4. The Balaban J connectivity index is 0. The molecule has 0 saturated carbocycles. The molecule has 0 amide bonds. The lowest BCUT2D eigenvalue weighted by Gasteiger charge is -2.19. The molecule has 44 heavy (non-hydrogen) atoms. The van der Waals surface area contributed by atoms with E-state index < -0.39 is 0 Å². The number of esters is 1. The molecule has 5 heteroatoms. The molecule has 0 spiro atoms. The first-order chi connectivity index (χ1) is 21.5. The van der Waals surface area contributed by atoms with E-state index in [2.05, 4.69) is 39.5 Å². The summed E-state index contributed by atoms with van der Waals surface area (Å²) >= 11 is 0. The highest BCUT2D eigenvalue weighted by atomic mass is 16.5. The van der Waals surface area contributed by atoms with E-state index in [0.29, 0.717) is 6.61 Å². The molecule has 0 aromatic carbocycles. The van der Waals surface area contributed by atoms with Gasteiger partial charge in [0.25, 0.3) is 0 Å². The maximum atomic E-state index is 11.8. The summed E-state index contributed by atoms with van der Waals surface area (Å²) in [5.41, 5.74) is 0. The molecule has 0 fully saturated rings. The number of carbonyl (C=O) groups is 1. The van der Waals surface area contributed by atoms with Crippen molar-refractivity contribution < 1.29 is 19.4 Å². The predicted molar refractivity (Wildman–Crippen MR) is 193 cm³/mol. The molecular weight excluding hydrogens is 546 g/mol.